The molecule has 3 unspecified atom stereocenters. The van der Waals surface area contributed by atoms with E-state index in [1.807, 2.05) is 18.7 Å². The Hall–Kier alpha value is -0.910. The zero-order valence-electron chi connectivity index (χ0n) is 11.3. The number of ether oxygens (including phenoxy) is 1. The molecule has 1 N–H and O–H groups in total. The number of thiophene rings is 1. The minimum Gasteiger partial charge on any atom is -0.380 e. The van der Waals surface area contributed by atoms with Gasteiger partial charge in [-0.05, 0) is 32.9 Å². The van der Waals surface area contributed by atoms with E-state index in [9.17, 15) is 4.79 Å². The zero-order valence-corrected chi connectivity index (χ0v) is 12.1. The number of methoxy groups -OCH3 is 1. The van der Waals surface area contributed by atoms with Crippen molar-refractivity contribution < 1.29 is 9.53 Å². The number of carbonyl (C=O) groups excluding carboxylic acids is 1. The molecule has 1 amide bonds. The largest absolute Gasteiger partial charge is 0.380 e. The summed E-state index contributed by atoms with van der Waals surface area (Å²) in [7, 11) is 1.67. The second kappa shape index (κ2) is 5.38. The number of amides is 1. The van der Waals surface area contributed by atoms with Gasteiger partial charge in [-0.2, -0.15) is 0 Å². The molecule has 5 heteroatoms. The normalized spacial score (nSPS) is 25.8. The first-order chi connectivity index (χ1) is 8.52. The average Bonchev–Trinajstić information content (AvgIpc) is 2.88. The van der Waals surface area contributed by atoms with Gasteiger partial charge in [0.1, 0.15) is 6.17 Å². The summed E-state index contributed by atoms with van der Waals surface area (Å²) in [5, 5.41) is 3.34. The maximum Gasteiger partial charge on any atom is 0.241 e. The maximum atomic E-state index is 12.2. The van der Waals surface area contributed by atoms with Crippen LogP contribution in [0, 0.1) is 6.92 Å². The Kier molecular flexibility index (Phi) is 4.04. The third-order valence-electron chi connectivity index (χ3n) is 3.26. The van der Waals surface area contributed by atoms with Crippen LogP contribution in [-0.4, -0.2) is 36.6 Å². The van der Waals surface area contributed by atoms with Crippen molar-refractivity contribution in [3.05, 3.63) is 21.9 Å². The Morgan fingerprint density at radius 1 is 1.56 bits per heavy atom. The van der Waals surface area contributed by atoms with Crippen LogP contribution in [0.2, 0.25) is 0 Å². The van der Waals surface area contributed by atoms with Gasteiger partial charge in [0.05, 0.1) is 12.1 Å². The topological polar surface area (TPSA) is 41.6 Å². The van der Waals surface area contributed by atoms with Gasteiger partial charge < -0.3 is 9.64 Å². The predicted octanol–water partition coefficient (Wildman–Crippen LogP) is 1.91. The highest BCUT2D eigenvalue weighted by molar-refractivity contribution is 7.12. The minimum atomic E-state index is -0.124. The van der Waals surface area contributed by atoms with Crippen molar-refractivity contribution in [2.45, 2.75) is 39.1 Å². The fourth-order valence-corrected chi connectivity index (χ4v) is 3.11. The summed E-state index contributed by atoms with van der Waals surface area (Å²) in [5.41, 5.74) is 0. The van der Waals surface area contributed by atoms with Crippen LogP contribution in [0.15, 0.2) is 12.1 Å². The molecular formula is C13H20N2O2S. The van der Waals surface area contributed by atoms with Gasteiger partial charge >= 0.3 is 0 Å². The van der Waals surface area contributed by atoms with Gasteiger partial charge in [0, 0.05) is 23.4 Å². The van der Waals surface area contributed by atoms with Gasteiger partial charge in [-0.25, -0.2) is 0 Å². The van der Waals surface area contributed by atoms with Crippen molar-refractivity contribution in [2.75, 3.05) is 13.7 Å². The molecule has 4 nitrogen and oxygen atoms in total. The number of rotatable bonds is 4. The molecule has 0 saturated carbocycles. The van der Waals surface area contributed by atoms with Crippen LogP contribution < -0.4 is 5.32 Å². The Bertz CT molecular complexity index is 432. The molecule has 18 heavy (non-hydrogen) atoms. The van der Waals surface area contributed by atoms with Crippen LogP contribution in [0.5, 0.6) is 0 Å². The number of hydrogen-bond acceptors (Lipinski definition) is 4. The quantitative estimate of drug-likeness (QED) is 0.907. The molecule has 2 rings (SSSR count). The maximum absolute atomic E-state index is 12.2. The van der Waals surface area contributed by atoms with Crippen molar-refractivity contribution >= 4 is 17.2 Å². The molecule has 100 valence electrons. The standard InChI is InChI=1S/C13H20N2O2S/c1-8(17-4)7-15-12(14-10(3)13(15)16)11-6-5-9(2)18-11/h5-6,8,10,12,14H,7H2,1-4H3. The SMILES string of the molecule is COC(C)CN1C(=O)C(C)NC1c1ccc(C)s1. The Morgan fingerprint density at radius 2 is 2.28 bits per heavy atom. The predicted molar refractivity (Wildman–Crippen MR) is 72.6 cm³/mol. The van der Waals surface area contributed by atoms with Crippen LogP contribution in [0.3, 0.4) is 0 Å². The van der Waals surface area contributed by atoms with E-state index in [0.29, 0.717) is 6.54 Å². The molecule has 1 aliphatic heterocycles. The lowest BCUT2D eigenvalue weighted by molar-refractivity contribution is -0.131. The average molecular weight is 268 g/mol. The van der Waals surface area contributed by atoms with Crippen molar-refractivity contribution in [3.63, 3.8) is 0 Å². The Balaban J connectivity index is 2.19. The third-order valence-corrected chi connectivity index (χ3v) is 4.31. The highest BCUT2D eigenvalue weighted by Crippen LogP contribution is 2.30. The monoisotopic (exact) mass is 268 g/mol. The number of nitrogens with one attached hydrogen (secondary N) is 1. The van der Waals surface area contributed by atoms with Crippen LogP contribution in [0.25, 0.3) is 0 Å². The van der Waals surface area contributed by atoms with Gasteiger partial charge in [0.15, 0.2) is 0 Å². The lowest BCUT2D eigenvalue weighted by Crippen LogP contribution is -2.36. The summed E-state index contributed by atoms with van der Waals surface area (Å²) >= 11 is 1.73. The van der Waals surface area contributed by atoms with Crippen LogP contribution in [0.1, 0.15) is 29.8 Å². The van der Waals surface area contributed by atoms with Crippen molar-refractivity contribution in [3.8, 4) is 0 Å². The first-order valence-corrected chi connectivity index (χ1v) is 7.00. The Morgan fingerprint density at radius 3 is 2.83 bits per heavy atom. The molecule has 1 aromatic rings. The van der Waals surface area contributed by atoms with Crippen molar-refractivity contribution in [1.82, 2.24) is 10.2 Å². The molecule has 0 aromatic carbocycles. The van der Waals surface area contributed by atoms with Crippen LogP contribution in [0.4, 0.5) is 0 Å². The van der Waals surface area contributed by atoms with Gasteiger partial charge in [-0.3, -0.25) is 10.1 Å². The second-order valence-electron chi connectivity index (χ2n) is 4.78. The summed E-state index contributed by atoms with van der Waals surface area (Å²) in [6.07, 6.45) is 0.0356. The zero-order chi connectivity index (χ0) is 13.3. The molecule has 0 aliphatic carbocycles. The lowest BCUT2D eigenvalue weighted by Gasteiger charge is -2.25. The second-order valence-corrected chi connectivity index (χ2v) is 6.10. The number of nitrogens with zero attached hydrogens (tertiary/aromatic N) is 1. The molecular weight excluding hydrogens is 248 g/mol. The molecule has 1 aliphatic rings. The third kappa shape index (κ3) is 2.58. The summed E-state index contributed by atoms with van der Waals surface area (Å²) in [4.78, 5) is 16.5. The van der Waals surface area contributed by atoms with E-state index in [1.54, 1.807) is 18.4 Å². The Labute approximate surface area is 112 Å². The molecule has 0 spiro atoms. The summed E-state index contributed by atoms with van der Waals surface area (Å²) in [6, 6.07) is 4.06. The molecule has 1 saturated heterocycles. The molecule has 2 heterocycles. The van der Waals surface area contributed by atoms with E-state index in [0.717, 1.165) is 0 Å². The number of carbonyl (C=O) groups is 1. The van der Waals surface area contributed by atoms with E-state index in [4.69, 9.17) is 4.74 Å². The number of hydrogen-bond donors (Lipinski definition) is 1. The van der Waals surface area contributed by atoms with E-state index < -0.39 is 0 Å². The van der Waals surface area contributed by atoms with E-state index in [1.165, 1.54) is 9.75 Å². The molecule has 1 fully saturated rings. The fourth-order valence-electron chi connectivity index (χ4n) is 2.16. The summed E-state index contributed by atoms with van der Waals surface area (Å²) in [6.45, 7) is 6.59. The highest BCUT2D eigenvalue weighted by Gasteiger charge is 2.38. The fraction of sp³-hybridized carbons (Fsp3) is 0.615. The first kappa shape index (κ1) is 13.5. The van der Waals surface area contributed by atoms with Gasteiger partial charge in [0.2, 0.25) is 5.91 Å². The van der Waals surface area contributed by atoms with E-state index in [-0.39, 0.29) is 24.2 Å². The smallest absolute Gasteiger partial charge is 0.241 e. The first-order valence-electron chi connectivity index (χ1n) is 6.18. The van der Waals surface area contributed by atoms with Gasteiger partial charge in [-0.15, -0.1) is 11.3 Å². The van der Waals surface area contributed by atoms with Gasteiger partial charge in [0.25, 0.3) is 0 Å². The molecule has 1 aromatic heterocycles. The number of aryl methyl sites for hydroxylation is 1. The van der Waals surface area contributed by atoms with Crippen LogP contribution >= 0.6 is 11.3 Å². The molecule has 0 bridgehead atoms. The summed E-state index contributed by atoms with van der Waals surface area (Å²) in [5.74, 6) is 0.148. The highest BCUT2D eigenvalue weighted by atomic mass is 32.1. The van der Waals surface area contributed by atoms with Crippen molar-refractivity contribution in [1.29, 1.82) is 0 Å². The van der Waals surface area contributed by atoms with E-state index in [2.05, 4.69) is 24.4 Å². The van der Waals surface area contributed by atoms with Crippen LogP contribution in [-0.2, 0) is 9.53 Å². The van der Waals surface area contributed by atoms with E-state index >= 15 is 0 Å². The summed E-state index contributed by atoms with van der Waals surface area (Å²) < 4.78 is 5.27. The molecule has 3 atom stereocenters. The van der Waals surface area contributed by atoms with Crippen molar-refractivity contribution in [2.24, 2.45) is 0 Å². The van der Waals surface area contributed by atoms with Gasteiger partial charge in [-0.1, -0.05) is 0 Å². The molecule has 0 radical (unpaired) electrons. The minimum absolute atomic E-state index is 0.0104. The lowest BCUT2D eigenvalue weighted by atomic mass is 10.3.